The van der Waals surface area contributed by atoms with Gasteiger partial charge < -0.3 is 0 Å². The van der Waals surface area contributed by atoms with Crippen molar-refractivity contribution < 1.29 is 0 Å². The number of hydrogen-bond acceptors (Lipinski definition) is 0. The van der Waals surface area contributed by atoms with E-state index in [4.69, 9.17) is 0 Å². The van der Waals surface area contributed by atoms with Crippen molar-refractivity contribution >= 4 is 51.8 Å². The molecular weight excluding hydrogens is 351 g/mol. The van der Waals surface area contributed by atoms with Gasteiger partial charge in [0.2, 0.25) is 0 Å². The second-order valence-corrected chi connectivity index (χ2v) is 5.94. The molecule has 0 aliphatic rings. The van der Waals surface area contributed by atoms with E-state index in [-0.39, 0.29) is 20.4 Å². The molecule has 0 saturated heterocycles. The summed E-state index contributed by atoms with van der Waals surface area (Å²) in [4.78, 5) is 0. The topological polar surface area (TPSA) is 0 Å². The zero-order chi connectivity index (χ0) is 6.97. The van der Waals surface area contributed by atoms with Crippen molar-refractivity contribution in [1.82, 2.24) is 0 Å². The quantitative estimate of drug-likeness (QED) is 0.503. The molecular formula is C8H5ITe. The van der Waals surface area contributed by atoms with Crippen molar-refractivity contribution in [3.05, 3.63) is 31.9 Å². The molecule has 0 unspecified atom stereocenters. The molecule has 10 heavy (non-hydrogen) atoms. The third kappa shape index (κ3) is 1.13. The van der Waals surface area contributed by atoms with Gasteiger partial charge in [0.1, 0.15) is 0 Å². The maximum absolute atomic E-state index is 2.40. The van der Waals surface area contributed by atoms with E-state index in [1.807, 2.05) is 0 Å². The van der Waals surface area contributed by atoms with Crippen LogP contribution < -0.4 is 0 Å². The molecule has 1 aromatic heterocycles. The van der Waals surface area contributed by atoms with E-state index >= 15 is 0 Å². The SMILES string of the molecule is Ic1cccc2[te]ccc12. The summed E-state index contributed by atoms with van der Waals surface area (Å²) >= 11 is 2.45. The first-order valence-electron chi connectivity index (χ1n) is 2.99. The number of hydrogen-bond donors (Lipinski definition) is 0. The molecule has 0 saturated carbocycles. The molecule has 0 aliphatic heterocycles. The van der Waals surface area contributed by atoms with Gasteiger partial charge in [-0.05, 0) is 0 Å². The summed E-state index contributed by atoms with van der Waals surface area (Å²) in [7, 11) is 0. The Labute approximate surface area is 83.0 Å². The van der Waals surface area contributed by atoms with Crippen LogP contribution in [0.25, 0.3) is 8.79 Å². The summed E-state index contributed by atoms with van der Waals surface area (Å²) in [6.45, 7) is 0. The Morgan fingerprint density at radius 1 is 1.20 bits per heavy atom. The van der Waals surface area contributed by atoms with E-state index in [2.05, 4.69) is 50.9 Å². The second-order valence-electron chi connectivity index (χ2n) is 2.07. The summed E-state index contributed by atoms with van der Waals surface area (Å²) < 4.78 is 5.34. The number of halogens is 1. The van der Waals surface area contributed by atoms with Gasteiger partial charge in [-0.3, -0.25) is 0 Å². The second kappa shape index (κ2) is 2.84. The molecule has 0 fully saturated rings. The zero-order valence-corrected chi connectivity index (χ0v) is 9.66. The minimum atomic E-state index is 0.0573. The van der Waals surface area contributed by atoms with Crippen molar-refractivity contribution in [3.63, 3.8) is 0 Å². The van der Waals surface area contributed by atoms with E-state index < -0.39 is 0 Å². The summed E-state index contributed by atoms with van der Waals surface area (Å²) in [5.74, 6) is 0. The first kappa shape index (κ1) is 7.15. The third-order valence-electron chi connectivity index (χ3n) is 1.44. The van der Waals surface area contributed by atoms with Crippen molar-refractivity contribution in [2.24, 2.45) is 0 Å². The van der Waals surface area contributed by atoms with E-state index in [0.29, 0.717) is 0 Å². The summed E-state index contributed by atoms with van der Waals surface area (Å²) in [6, 6.07) is 8.83. The van der Waals surface area contributed by atoms with Crippen molar-refractivity contribution in [2.45, 2.75) is 0 Å². The van der Waals surface area contributed by atoms with Crippen LogP contribution in [0.15, 0.2) is 28.3 Å². The molecule has 0 spiro atoms. The van der Waals surface area contributed by atoms with E-state index in [1.54, 1.807) is 3.40 Å². The van der Waals surface area contributed by atoms with Crippen LogP contribution in [0.5, 0.6) is 0 Å². The molecule has 0 bridgehead atoms. The van der Waals surface area contributed by atoms with Gasteiger partial charge in [-0.15, -0.1) is 0 Å². The Morgan fingerprint density at radius 3 is 2.90 bits per heavy atom. The Hall–Kier alpha value is 0.480. The molecule has 0 amide bonds. The van der Waals surface area contributed by atoms with Crippen molar-refractivity contribution in [1.29, 1.82) is 0 Å². The molecule has 1 aromatic carbocycles. The van der Waals surface area contributed by atoms with Crippen molar-refractivity contribution in [3.8, 4) is 0 Å². The summed E-state index contributed by atoms with van der Waals surface area (Å²) in [6.07, 6.45) is 0. The van der Waals surface area contributed by atoms with Gasteiger partial charge in [-0.25, -0.2) is 0 Å². The van der Waals surface area contributed by atoms with Gasteiger partial charge in [0.25, 0.3) is 0 Å². The fraction of sp³-hybridized carbons (Fsp3) is 0. The van der Waals surface area contributed by atoms with Gasteiger partial charge in [0, 0.05) is 0 Å². The van der Waals surface area contributed by atoms with Gasteiger partial charge >= 0.3 is 83.7 Å². The molecule has 0 radical (unpaired) electrons. The van der Waals surface area contributed by atoms with Crippen LogP contribution in [0.3, 0.4) is 0 Å². The van der Waals surface area contributed by atoms with Crippen LogP contribution >= 0.6 is 22.6 Å². The monoisotopic (exact) mass is 358 g/mol. The first-order valence-corrected chi connectivity index (χ1v) is 6.58. The molecule has 2 rings (SSSR count). The standard InChI is InChI=1S/C8H5ITe/c9-7-2-1-3-8-6(7)4-5-10-8/h1-5H. The molecule has 2 heteroatoms. The normalized spacial score (nSPS) is 10.5. The molecule has 50 valence electrons. The van der Waals surface area contributed by atoms with Gasteiger partial charge in [-0.1, -0.05) is 0 Å². The van der Waals surface area contributed by atoms with E-state index in [0.717, 1.165) is 0 Å². The average Bonchev–Trinajstić information content (AvgIpc) is 2.36. The molecule has 0 N–H and O–H groups in total. The van der Waals surface area contributed by atoms with Gasteiger partial charge in [0.05, 0.1) is 0 Å². The Bertz CT molecular complexity index is 351. The van der Waals surface area contributed by atoms with Crippen LogP contribution in [0.4, 0.5) is 0 Å². The predicted octanol–water partition coefficient (Wildman–Crippen LogP) is 2.50. The maximum atomic E-state index is 2.40. The predicted molar refractivity (Wildman–Crippen MR) is 53.6 cm³/mol. The number of rotatable bonds is 0. The number of fused-ring (bicyclic) bond motifs is 1. The zero-order valence-electron chi connectivity index (χ0n) is 5.17. The summed E-state index contributed by atoms with van der Waals surface area (Å²) in [5.41, 5.74) is 0. The average molecular weight is 356 g/mol. The van der Waals surface area contributed by atoms with Crippen LogP contribution in [-0.4, -0.2) is 20.4 Å². The summed E-state index contributed by atoms with van der Waals surface area (Å²) in [5, 5.41) is 1.48. The fourth-order valence-corrected chi connectivity index (χ4v) is 4.52. The van der Waals surface area contributed by atoms with Crippen molar-refractivity contribution in [2.75, 3.05) is 0 Å². The van der Waals surface area contributed by atoms with Crippen LogP contribution in [-0.2, 0) is 0 Å². The van der Waals surface area contributed by atoms with E-state index in [1.165, 1.54) is 8.96 Å². The molecule has 2 aromatic rings. The first-order chi connectivity index (χ1) is 4.88. The van der Waals surface area contributed by atoms with Crippen LogP contribution in [0.1, 0.15) is 0 Å². The molecule has 0 nitrogen and oxygen atoms in total. The fourth-order valence-electron chi connectivity index (χ4n) is 0.957. The van der Waals surface area contributed by atoms with E-state index in [9.17, 15) is 0 Å². The van der Waals surface area contributed by atoms with Crippen LogP contribution in [0.2, 0.25) is 0 Å². The molecule has 0 atom stereocenters. The Kier molecular flexibility index (Phi) is 2.03. The van der Waals surface area contributed by atoms with Gasteiger partial charge in [-0.2, -0.15) is 0 Å². The Morgan fingerprint density at radius 2 is 2.10 bits per heavy atom. The van der Waals surface area contributed by atoms with Gasteiger partial charge in [0.15, 0.2) is 0 Å². The number of benzene rings is 1. The molecule has 1 heterocycles. The molecule has 0 aliphatic carbocycles. The van der Waals surface area contributed by atoms with Crippen LogP contribution in [0, 0.1) is 3.57 Å². The minimum absolute atomic E-state index is 0.0573. The third-order valence-corrected chi connectivity index (χ3v) is 4.90. The Balaban J connectivity index is 2.95.